The lowest BCUT2D eigenvalue weighted by atomic mass is 9.96. The summed E-state index contributed by atoms with van der Waals surface area (Å²) in [6.45, 7) is 7.51. The van der Waals surface area contributed by atoms with Gasteiger partial charge in [0.15, 0.2) is 0 Å². The summed E-state index contributed by atoms with van der Waals surface area (Å²) in [5, 5.41) is 5.98. The summed E-state index contributed by atoms with van der Waals surface area (Å²) in [4.78, 5) is 19.2. The Kier molecular flexibility index (Phi) is 8.56. The number of fused-ring (bicyclic) bond motifs is 1. The van der Waals surface area contributed by atoms with Crippen molar-refractivity contribution in [2.75, 3.05) is 13.1 Å². The van der Waals surface area contributed by atoms with Gasteiger partial charge in [-0.25, -0.2) is 4.79 Å². The van der Waals surface area contributed by atoms with Crippen LogP contribution in [0.1, 0.15) is 43.9 Å². The van der Waals surface area contributed by atoms with Gasteiger partial charge in [-0.15, -0.1) is 0 Å². The molecule has 8 nitrogen and oxygen atoms in total. The lowest BCUT2D eigenvalue weighted by Crippen LogP contribution is -2.39. The minimum atomic E-state index is -0.525. The fraction of sp³-hybridized carbons (Fsp3) is 0.270. The van der Waals surface area contributed by atoms with Crippen LogP contribution in [0.4, 0.5) is 4.79 Å². The summed E-state index contributed by atoms with van der Waals surface area (Å²) < 4.78 is 19.9. The van der Waals surface area contributed by atoms with Crippen molar-refractivity contribution >= 4 is 22.6 Å². The molecule has 0 fully saturated rings. The highest BCUT2D eigenvalue weighted by Crippen LogP contribution is 2.38. The normalized spacial score (nSPS) is 13.4. The largest absolute Gasteiger partial charge is 0.473 e. The summed E-state index contributed by atoms with van der Waals surface area (Å²) in [6, 6.07) is 30.1. The molecule has 0 atom stereocenters. The predicted molar refractivity (Wildman–Crippen MR) is 176 cm³/mol. The van der Waals surface area contributed by atoms with Crippen LogP contribution in [0, 0.1) is 0 Å². The van der Waals surface area contributed by atoms with E-state index >= 15 is 0 Å². The zero-order chi connectivity index (χ0) is 31.4. The molecule has 8 heteroatoms. The van der Waals surface area contributed by atoms with Gasteiger partial charge < -0.3 is 19.1 Å². The van der Waals surface area contributed by atoms with Crippen LogP contribution in [0.3, 0.4) is 0 Å². The van der Waals surface area contributed by atoms with E-state index in [-0.39, 0.29) is 6.09 Å². The Morgan fingerprint density at radius 2 is 1.51 bits per heavy atom. The second kappa shape index (κ2) is 12.9. The molecule has 3 aromatic carbocycles. The van der Waals surface area contributed by atoms with Crippen molar-refractivity contribution in [2.24, 2.45) is 7.05 Å². The number of carbonyl (C=O) groups is 1. The van der Waals surface area contributed by atoms with E-state index in [9.17, 15) is 4.79 Å². The number of hydrogen-bond acceptors (Lipinski definition) is 6. The number of aromatic nitrogens is 3. The van der Waals surface area contributed by atoms with E-state index in [2.05, 4.69) is 24.3 Å². The van der Waals surface area contributed by atoms with Gasteiger partial charge in [0.25, 0.3) is 0 Å². The van der Waals surface area contributed by atoms with E-state index in [4.69, 9.17) is 24.3 Å². The number of nitrogens with zero attached hydrogens (tertiary/aromatic N) is 4. The molecule has 0 bridgehead atoms. The van der Waals surface area contributed by atoms with Crippen LogP contribution in [0.15, 0.2) is 97.1 Å². The Labute approximate surface area is 263 Å². The summed E-state index contributed by atoms with van der Waals surface area (Å²) in [5.41, 5.74) is 6.44. The van der Waals surface area contributed by atoms with Gasteiger partial charge >= 0.3 is 6.09 Å². The molecule has 0 radical (unpaired) electrons. The van der Waals surface area contributed by atoms with E-state index in [0.29, 0.717) is 38.1 Å². The van der Waals surface area contributed by atoms with Crippen LogP contribution in [0.2, 0.25) is 0 Å². The molecule has 2 aromatic heterocycles. The Hall–Kier alpha value is -5.11. The topological polar surface area (TPSA) is 78.7 Å². The van der Waals surface area contributed by atoms with Gasteiger partial charge in [-0.05, 0) is 50.0 Å². The van der Waals surface area contributed by atoms with E-state index in [1.807, 2.05) is 105 Å². The molecule has 3 heterocycles. The minimum absolute atomic E-state index is 0.287. The average molecular weight is 603 g/mol. The highest BCUT2D eigenvalue weighted by molar-refractivity contribution is 6.00. The summed E-state index contributed by atoms with van der Waals surface area (Å²) in [6.07, 6.45) is 2.55. The van der Waals surface area contributed by atoms with Crippen molar-refractivity contribution in [1.82, 2.24) is 19.7 Å². The fourth-order valence-corrected chi connectivity index (χ4v) is 5.45. The molecular formula is C37H38N4O4. The Morgan fingerprint density at radius 1 is 0.822 bits per heavy atom. The second-order valence-electron chi connectivity index (χ2n) is 12.1. The Bertz CT molecular complexity index is 1820. The SMILES string of the molecule is Cn1nc(-c2ccc(OCc3ccccc3)nc2OCc2ccccc2)c2cccc(C3=CCN(C(=O)OC(C)(C)C)CC3)c21. The van der Waals surface area contributed by atoms with E-state index < -0.39 is 5.60 Å². The quantitative estimate of drug-likeness (QED) is 0.180. The van der Waals surface area contributed by atoms with Crippen molar-refractivity contribution in [2.45, 2.75) is 46.0 Å². The molecule has 0 saturated heterocycles. The van der Waals surface area contributed by atoms with E-state index in [0.717, 1.165) is 45.3 Å². The van der Waals surface area contributed by atoms with Crippen LogP contribution in [0.5, 0.6) is 11.8 Å². The van der Waals surface area contributed by atoms with Gasteiger partial charge in [0.2, 0.25) is 11.8 Å². The number of aryl methyl sites for hydroxylation is 1. The van der Waals surface area contributed by atoms with Crippen LogP contribution >= 0.6 is 0 Å². The average Bonchev–Trinajstić information content (AvgIpc) is 3.39. The van der Waals surface area contributed by atoms with Gasteiger partial charge in [-0.2, -0.15) is 10.1 Å². The van der Waals surface area contributed by atoms with Crippen LogP contribution in [0.25, 0.3) is 27.7 Å². The molecule has 5 aromatic rings. The number of benzene rings is 3. The van der Waals surface area contributed by atoms with Crippen molar-refractivity contribution in [1.29, 1.82) is 0 Å². The maximum Gasteiger partial charge on any atom is 0.410 e. The second-order valence-corrected chi connectivity index (χ2v) is 12.1. The Balaban J connectivity index is 1.32. The molecule has 0 saturated carbocycles. The third-order valence-corrected chi connectivity index (χ3v) is 7.61. The van der Waals surface area contributed by atoms with Crippen LogP contribution in [-0.4, -0.2) is 44.4 Å². The molecular weight excluding hydrogens is 564 g/mol. The minimum Gasteiger partial charge on any atom is -0.473 e. The van der Waals surface area contributed by atoms with Crippen molar-refractivity contribution in [3.8, 4) is 23.0 Å². The van der Waals surface area contributed by atoms with E-state index in [1.54, 1.807) is 4.90 Å². The van der Waals surface area contributed by atoms with Gasteiger partial charge in [0.05, 0.1) is 11.1 Å². The van der Waals surface area contributed by atoms with E-state index in [1.165, 1.54) is 5.57 Å². The summed E-state index contributed by atoms with van der Waals surface area (Å²) >= 11 is 0. The zero-order valence-electron chi connectivity index (χ0n) is 26.2. The first-order chi connectivity index (χ1) is 21.7. The first-order valence-corrected chi connectivity index (χ1v) is 15.2. The number of rotatable bonds is 8. The zero-order valence-corrected chi connectivity index (χ0v) is 26.2. The predicted octanol–water partition coefficient (Wildman–Crippen LogP) is 7.82. The number of carbonyl (C=O) groups excluding carboxylic acids is 1. The van der Waals surface area contributed by atoms with Gasteiger partial charge in [-0.1, -0.05) is 84.9 Å². The molecule has 0 unspecified atom stereocenters. The van der Waals surface area contributed by atoms with Gasteiger partial charge in [0.1, 0.15) is 24.5 Å². The lowest BCUT2D eigenvalue weighted by molar-refractivity contribution is 0.0270. The summed E-state index contributed by atoms with van der Waals surface area (Å²) in [5.74, 6) is 0.938. The first kappa shape index (κ1) is 29.9. The summed E-state index contributed by atoms with van der Waals surface area (Å²) in [7, 11) is 1.96. The van der Waals surface area contributed by atoms with Crippen molar-refractivity contribution < 1.29 is 19.0 Å². The molecule has 6 rings (SSSR count). The molecule has 1 aliphatic rings. The lowest BCUT2D eigenvalue weighted by Gasteiger charge is -2.29. The number of ether oxygens (including phenoxy) is 3. The maximum absolute atomic E-state index is 12.6. The number of amides is 1. The third-order valence-electron chi connectivity index (χ3n) is 7.61. The fourth-order valence-electron chi connectivity index (χ4n) is 5.45. The number of hydrogen-bond donors (Lipinski definition) is 0. The monoisotopic (exact) mass is 602 g/mol. The first-order valence-electron chi connectivity index (χ1n) is 15.2. The van der Waals surface area contributed by atoms with Crippen molar-refractivity contribution in [3.05, 3.63) is 114 Å². The third kappa shape index (κ3) is 7.01. The maximum atomic E-state index is 12.6. The highest BCUT2D eigenvalue weighted by atomic mass is 16.6. The smallest absolute Gasteiger partial charge is 0.410 e. The molecule has 1 amide bonds. The molecule has 230 valence electrons. The Morgan fingerprint density at radius 3 is 2.16 bits per heavy atom. The molecule has 0 aliphatic carbocycles. The molecule has 0 N–H and O–H groups in total. The van der Waals surface area contributed by atoms with Gasteiger partial charge in [-0.3, -0.25) is 4.68 Å². The molecule has 45 heavy (non-hydrogen) atoms. The molecule has 0 spiro atoms. The number of para-hydroxylation sites is 1. The van der Waals surface area contributed by atoms with Crippen LogP contribution < -0.4 is 9.47 Å². The highest BCUT2D eigenvalue weighted by Gasteiger charge is 2.26. The van der Waals surface area contributed by atoms with Crippen LogP contribution in [-0.2, 0) is 25.0 Å². The van der Waals surface area contributed by atoms with Crippen molar-refractivity contribution in [3.63, 3.8) is 0 Å². The molecule has 1 aliphatic heterocycles. The standard InChI is InChI=1S/C37H38N4O4/c1-37(2,3)45-36(42)41-22-20-28(21-23-41)29-16-11-17-30-33(39-40(4)34(29)30)31-18-19-32(43-24-26-12-7-5-8-13-26)38-35(31)44-25-27-14-9-6-10-15-27/h5-20H,21-25H2,1-4H3. The number of pyridine rings is 1. The van der Waals surface area contributed by atoms with Gasteiger partial charge in [0, 0.05) is 37.2 Å².